The Morgan fingerprint density at radius 1 is 0.947 bits per heavy atom. The molecule has 3 aromatic carbocycles. The molecule has 0 spiro atoms. The molecule has 0 fully saturated rings. The number of fused-ring (bicyclic) bond motifs is 1. The van der Waals surface area contributed by atoms with E-state index in [1.165, 1.54) is 0 Å². The number of aromatic amines is 1. The molecular weight excluding hydrogens is 496 g/mol. The first kappa shape index (κ1) is 25.8. The molecule has 0 saturated heterocycles. The van der Waals surface area contributed by atoms with Gasteiger partial charge in [0.2, 0.25) is 0 Å². The third kappa shape index (κ3) is 5.54. The summed E-state index contributed by atoms with van der Waals surface area (Å²) in [5.41, 5.74) is 4.11. The van der Waals surface area contributed by atoms with Crippen LogP contribution in [0.4, 0.5) is 0 Å². The molecule has 0 amide bonds. The van der Waals surface area contributed by atoms with Crippen LogP contribution in [0.1, 0.15) is 54.9 Å². The van der Waals surface area contributed by atoms with E-state index in [1.54, 1.807) is 0 Å². The molecule has 0 aliphatic rings. The summed E-state index contributed by atoms with van der Waals surface area (Å²) in [6.07, 6.45) is 0. The summed E-state index contributed by atoms with van der Waals surface area (Å²) in [6.45, 7) is 9.31. The second-order valence-electron chi connectivity index (χ2n) is 10.7. The number of pyridine rings is 1. The molecule has 5 rings (SSSR count). The van der Waals surface area contributed by atoms with Gasteiger partial charge in [-0.15, -0.1) is 5.10 Å². The van der Waals surface area contributed by atoms with Gasteiger partial charge in [-0.2, -0.15) is 0 Å². The zero-order chi connectivity index (χ0) is 26.9. The summed E-state index contributed by atoms with van der Waals surface area (Å²) >= 11 is 6.19. The van der Waals surface area contributed by atoms with Crippen molar-refractivity contribution in [3.05, 3.63) is 122 Å². The number of nitrogens with zero attached hydrogens (tertiary/aromatic N) is 5. The average molecular weight is 527 g/mol. The van der Waals surface area contributed by atoms with E-state index in [0.717, 1.165) is 27.6 Å². The molecule has 0 aliphatic carbocycles. The number of H-pyrrole nitrogens is 1. The van der Waals surface area contributed by atoms with Crippen molar-refractivity contribution in [2.24, 2.45) is 0 Å². The standard InChI is InChI=1S/C30H31ClN6O/c1-20-10-13-23-17-25(29(38)32-26(23)16-20)27(28-33-34-35-37(28)30(2,3)4)36(18-21-8-6-5-7-9-21)19-22-11-14-24(31)15-12-22/h5-17,27H,18-19H2,1-4H3,(H,32,38)/t27-/m0/s1. The lowest BCUT2D eigenvalue weighted by molar-refractivity contribution is 0.184. The van der Waals surface area contributed by atoms with E-state index >= 15 is 0 Å². The van der Waals surface area contributed by atoms with Gasteiger partial charge in [0.1, 0.15) is 6.04 Å². The Bertz CT molecular complexity index is 1600. The van der Waals surface area contributed by atoms with E-state index < -0.39 is 11.6 Å². The van der Waals surface area contributed by atoms with Gasteiger partial charge >= 0.3 is 0 Å². The Morgan fingerprint density at radius 2 is 1.63 bits per heavy atom. The van der Waals surface area contributed by atoms with Crippen molar-refractivity contribution in [2.75, 3.05) is 0 Å². The third-order valence-electron chi connectivity index (χ3n) is 6.59. The fourth-order valence-electron chi connectivity index (χ4n) is 4.76. The van der Waals surface area contributed by atoms with Crippen LogP contribution in [0.15, 0.2) is 83.7 Å². The number of aromatic nitrogens is 5. The van der Waals surface area contributed by atoms with Crippen LogP contribution in [-0.4, -0.2) is 30.1 Å². The summed E-state index contributed by atoms with van der Waals surface area (Å²) < 4.78 is 1.82. The average Bonchev–Trinajstić information content (AvgIpc) is 3.37. The molecule has 0 aliphatic heterocycles. The van der Waals surface area contributed by atoms with E-state index in [1.807, 2.05) is 78.3 Å². The predicted octanol–water partition coefficient (Wildman–Crippen LogP) is 6.02. The molecule has 7 nitrogen and oxygen atoms in total. The minimum Gasteiger partial charge on any atom is -0.322 e. The van der Waals surface area contributed by atoms with Crippen LogP contribution in [0.3, 0.4) is 0 Å². The van der Waals surface area contributed by atoms with Crippen LogP contribution in [0, 0.1) is 6.92 Å². The van der Waals surface area contributed by atoms with Crippen molar-refractivity contribution < 1.29 is 0 Å². The molecule has 0 radical (unpaired) electrons. The van der Waals surface area contributed by atoms with Crippen molar-refractivity contribution in [2.45, 2.75) is 52.4 Å². The van der Waals surface area contributed by atoms with Crippen molar-refractivity contribution >= 4 is 22.5 Å². The molecule has 0 saturated carbocycles. The molecule has 1 atom stereocenters. The van der Waals surface area contributed by atoms with Crippen LogP contribution in [0.2, 0.25) is 5.02 Å². The molecule has 194 valence electrons. The van der Waals surface area contributed by atoms with E-state index in [9.17, 15) is 4.79 Å². The fourth-order valence-corrected chi connectivity index (χ4v) is 4.88. The smallest absolute Gasteiger partial charge is 0.253 e. The third-order valence-corrected chi connectivity index (χ3v) is 6.84. The maximum Gasteiger partial charge on any atom is 0.253 e. The summed E-state index contributed by atoms with van der Waals surface area (Å²) in [5, 5.41) is 14.5. The Morgan fingerprint density at radius 3 is 2.32 bits per heavy atom. The van der Waals surface area contributed by atoms with E-state index in [0.29, 0.717) is 29.5 Å². The van der Waals surface area contributed by atoms with Crippen LogP contribution in [-0.2, 0) is 18.6 Å². The second kappa shape index (κ2) is 10.5. The molecule has 0 bridgehead atoms. The number of tetrazole rings is 1. The molecule has 5 aromatic rings. The number of aryl methyl sites for hydroxylation is 1. The minimum atomic E-state index is -0.519. The van der Waals surface area contributed by atoms with E-state index in [-0.39, 0.29) is 5.56 Å². The topological polar surface area (TPSA) is 79.7 Å². The maximum atomic E-state index is 13.7. The first-order valence-electron chi connectivity index (χ1n) is 12.6. The van der Waals surface area contributed by atoms with Crippen molar-refractivity contribution in [3.8, 4) is 0 Å². The minimum absolute atomic E-state index is 0.161. The zero-order valence-electron chi connectivity index (χ0n) is 22.0. The lowest BCUT2D eigenvalue weighted by atomic mass is 10.00. The van der Waals surface area contributed by atoms with E-state index in [4.69, 9.17) is 11.6 Å². The van der Waals surface area contributed by atoms with Gasteiger partial charge < -0.3 is 4.98 Å². The summed E-state index contributed by atoms with van der Waals surface area (Å²) in [5.74, 6) is 0.611. The number of hydrogen-bond donors (Lipinski definition) is 1. The summed E-state index contributed by atoms with van der Waals surface area (Å²) in [4.78, 5) is 19.1. The van der Waals surface area contributed by atoms with Gasteiger partial charge in [0.15, 0.2) is 5.82 Å². The quantitative estimate of drug-likeness (QED) is 0.280. The lowest BCUT2D eigenvalue weighted by Crippen LogP contribution is -2.37. The highest BCUT2D eigenvalue weighted by Gasteiger charge is 2.33. The van der Waals surface area contributed by atoms with Gasteiger partial charge in [-0.05, 0) is 84.5 Å². The van der Waals surface area contributed by atoms with Gasteiger partial charge in [-0.1, -0.05) is 66.2 Å². The lowest BCUT2D eigenvalue weighted by Gasteiger charge is -2.33. The van der Waals surface area contributed by atoms with Gasteiger partial charge in [-0.25, -0.2) is 4.68 Å². The second-order valence-corrected chi connectivity index (χ2v) is 11.1. The zero-order valence-corrected chi connectivity index (χ0v) is 22.8. The number of benzene rings is 3. The summed E-state index contributed by atoms with van der Waals surface area (Å²) in [7, 11) is 0. The highest BCUT2D eigenvalue weighted by atomic mass is 35.5. The highest BCUT2D eigenvalue weighted by Crippen LogP contribution is 2.32. The Labute approximate surface area is 227 Å². The Hall–Kier alpha value is -3.81. The molecular formula is C30H31ClN6O. The Balaban J connectivity index is 1.72. The molecule has 1 N–H and O–H groups in total. The van der Waals surface area contributed by atoms with Crippen molar-refractivity contribution in [3.63, 3.8) is 0 Å². The first-order valence-corrected chi connectivity index (χ1v) is 13.0. The normalized spacial score (nSPS) is 12.8. The molecule has 0 unspecified atom stereocenters. The van der Waals surface area contributed by atoms with Crippen LogP contribution in [0.5, 0.6) is 0 Å². The monoisotopic (exact) mass is 526 g/mol. The number of nitrogens with one attached hydrogen (secondary N) is 1. The van der Waals surface area contributed by atoms with Gasteiger partial charge in [0.25, 0.3) is 5.56 Å². The maximum absolute atomic E-state index is 13.7. The van der Waals surface area contributed by atoms with Crippen molar-refractivity contribution in [1.29, 1.82) is 0 Å². The number of hydrogen-bond acceptors (Lipinski definition) is 5. The molecule has 38 heavy (non-hydrogen) atoms. The van der Waals surface area contributed by atoms with Crippen LogP contribution in [0.25, 0.3) is 10.9 Å². The van der Waals surface area contributed by atoms with Gasteiger partial charge in [-0.3, -0.25) is 9.69 Å². The molecule has 2 heterocycles. The highest BCUT2D eigenvalue weighted by molar-refractivity contribution is 6.30. The van der Waals surface area contributed by atoms with Crippen molar-refractivity contribution in [1.82, 2.24) is 30.1 Å². The number of halogens is 1. The Kier molecular flexibility index (Phi) is 7.15. The summed E-state index contributed by atoms with van der Waals surface area (Å²) in [6, 6.07) is 25.5. The first-order chi connectivity index (χ1) is 18.2. The largest absolute Gasteiger partial charge is 0.322 e. The molecule has 2 aromatic heterocycles. The molecule has 8 heteroatoms. The predicted molar refractivity (Wildman–Crippen MR) is 151 cm³/mol. The van der Waals surface area contributed by atoms with Crippen LogP contribution < -0.4 is 5.56 Å². The van der Waals surface area contributed by atoms with Gasteiger partial charge in [0.05, 0.1) is 5.54 Å². The fraction of sp³-hybridized carbons (Fsp3) is 0.267. The number of rotatable bonds is 7. The van der Waals surface area contributed by atoms with Crippen LogP contribution >= 0.6 is 11.6 Å². The van der Waals surface area contributed by atoms with Gasteiger partial charge in [0, 0.05) is 29.2 Å². The SMILES string of the molecule is Cc1ccc2cc([C@@H](c3nnnn3C(C)(C)C)N(Cc3ccccc3)Cc3ccc(Cl)cc3)c(=O)[nH]c2c1. The van der Waals surface area contributed by atoms with E-state index in [2.05, 4.69) is 58.3 Å².